The third-order valence-electron chi connectivity index (χ3n) is 2.53. The number of amides is 2. The zero-order valence-electron chi connectivity index (χ0n) is 11.2. The maximum absolute atomic E-state index is 11.7. The van der Waals surface area contributed by atoms with E-state index in [1.807, 2.05) is 0 Å². The Kier molecular flexibility index (Phi) is 4.21. The summed E-state index contributed by atoms with van der Waals surface area (Å²) in [6.45, 7) is 3.39. The predicted octanol–water partition coefficient (Wildman–Crippen LogP) is 2.17. The second kappa shape index (κ2) is 6.07. The molecule has 2 rings (SSSR count). The van der Waals surface area contributed by atoms with Crippen molar-refractivity contribution >= 4 is 11.8 Å². The van der Waals surface area contributed by atoms with Crippen LogP contribution in [-0.2, 0) is 0 Å². The second-order valence-corrected chi connectivity index (χ2v) is 4.37. The molecule has 0 aliphatic heterocycles. The minimum atomic E-state index is -0.639. The fourth-order valence-electron chi connectivity index (χ4n) is 1.47. The topological polar surface area (TPSA) is 91.2 Å². The molecule has 7 heteroatoms. The molecule has 2 aromatic rings. The lowest BCUT2D eigenvalue weighted by atomic mass is 10.2. The number of hydrogen-bond donors (Lipinski definition) is 2. The predicted molar refractivity (Wildman–Crippen MR) is 73.0 cm³/mol. The maximum atomic E-state index is 11.7. The molecule has 0 bridgehead atoms. The number of anilines is 1. The number of aromatic nitrogens is 3. The molecule has 20 heavy (non-hydrogen) atoms. The van der Waals surface area contributed by atoms with Gasteiger partial charge in [0.15, 0.2) is 5.82 Å². The molecule has 0 aliphatic carbocycles. The first-order valence-electron chi connectivity index (χ1n) is 6.10. The van der Waals surface area contributed by atoms with E-state index in [9.17, 15) is 10.0 Å². The summed E-state index contributed by atoms with van der Waals surface area (Å²) in [5.41, 5.74) is 0.792. The molecule has 0 aromatic carbocycles. The zero-order valence-corrected chi connectivity index (χ0v) is 11.2. The SMILES string of the molecule is CC(C)N(O)C(=O)Nc1ccnc(-c2ccncc2)n1. The molecular formula is C13H15N5O2. The Labute approximate surface area is 116 Å². The largest absolute Gasteiger partial charge is 0.346 e. The molecule has 0 saturated carbocycles. The van der Waals surface area contributed by atoms with Gasteiger partial charge in [0.2, 0.25) is 0 Å². The van der Waals surface area contributed by atoms with Crippen molar-refractivity contribution in [1.82, 2.24) is 20.0 Å². The van der Waals surface area contributed by atoms with E-state index in [2.05, 4.69) is 20.3 Å². The number of carbonyl (C=O) groups is 1. The first kappa shape index (κ1) is 13.9. The van der Waals surface area contributed by atoms with Gasteiger partial charge >= 0.3 is 6.03 Å². The molecule has 0 atom stereocenters. The van der Waals surface area contributed by atoms with Crippen LogP contribution in [0.15, 0.2) is 36.8 Å². The number of urea groups is 1. The minimum Gasteiger partial charge on any atom is -0.290 e. The van der Waals surface area contributed by atoms with Crippen LogP contribution >= 0.6 is 0 Å². The average molecular weight is 273 g/mol. The van der Waals surface area contributed by atoms with E-state index in [1.54, 1.807) is 44.4 Å². The van der Waals surface area contributed by atoms with Crippen molar-refractivity contribution in [2.75, 3.05) is 5.32 Å². The summed E-state index contributed by atoms with van der Waals surface area (Å²) in [4.78, 5) is 24.0. The van der Waals surface area contributed by atoms with Crippen LogP contribution in [0.4, 0.5) is 10.6 Å². The molecule has 2 aromatic heterocycles. The highest BCUT2D eigenvalue weighted by Gasteiger charge is 2.15. The van der Waals surface area contributed by atoms with E-state index in [4.69, 9.17) is 0 Å². The lowest BCUT2D eigenvalue weighted by Gasteiger charge is -2.18. The fraction of sp³-hybridized carbons (Fsp3) is 0.231. The summed E-state index contributed by atoms with van der Waals surface area (Å²) >= 11 is 0. The van der Waals surface area contributed by atoms with Gasteiger partial charge in [0.25, 0.3) is 0 Å². The Bertz CT molecular complexity index is 588. The number of nitrogens with zero attached hydrogens (tertiary/aromatic N) is 4. The summed E-state index contributed by atoms with van der Waals surface area (Å²) in [5, 5.41) is 12.6. The molecule has 0 saturated heterocycles. The Hall–Kier alpha value is -2.54. The Balaban J connectivity index is 2.17. The van der Waals surface area contributed by atoms with Crippen LogP contribution in [0.25, 0.3) is 11.4 Å². The monoisotopic (exact) mass is 273 g/mol. The van der Waals surface area contributed by atoms with Crippen LogP contribution in [0.5, 0.6) is 0 Å². The molecule has 0 spiro atoms. The lowest BCUT2D eigenvalue weighted by Crippen LogP contribution is -2.37. The van der Waals surface area contributed by atoms with Crippen LogP contribution in [0.1, 0.15) is 13.8 Å². The highest BCUT2D eigenvalue weighted by molar-refractivity contribution is 5.87. The molecule has 0 radical (unpaired) electrons. The number of pyridine rings is 1. The van der Waals surface area contributed by atoms with Gasteiger partial charge in [0, 0.05) is 24.2 Å². The Morgan fingerprint density at radius 1 is 1.25 bits per heavy atom. The smallest absolute Gasteiger partial charge is 0.290 e. The van der Waals surface area contributed by atoms with Gasteiger partial charge in [-0.3, -0.25) is 15.5 Å². The van der Waals surface area contributed by atoms with Crippen LogP contribution in [0.3, 0.4) is 0 Å². The van der Waals surface area contributed by atoms with Crippen LogP contribution < -0.4 is 5.32 Å². The first-order chi connectivity index (χ1) is 9.58. The van der Waals surface area contributed by atoms with Crippen LogP contribution in [-0.4, -0.2) is 37.3 Å². The highest BCUT2D eigenvalue weighted by Crippen LogP contribution is 2.15. The van der Waals surface area contributed by atoms with Crippen molar-refractivity contribution in [3.8, 4) is 11.4 Å². The van der Waals surface area contributed by atoms with Crippen LogP contribution in [0, 0.1) is 0 Å². The summed E-state index contributed by atoms with van der Waals surface area (Å²) in [6, 6.07) is 4.13. The van der Waals surface area contributed by atoms with Gasteiger partial charge in [-0.05, 0) is 32.0 Å². The van der Waals surface area contributed by atoms with E-state index >= 15 is 0 Å². The van der Waals surface area contributed by atoms with Crippen molar-refractivity contribution in [3.05, 3.63) is 36.8 Å². The molecule has 2 N–H and O–H groups in total. The molecule has 0 fully saturated rings. The van der Waals surface area contributed by atoms with Gasteiger partial charge in [-0.2, -0.15) is 0 Å². The van der Waals surface area contributed by atoms with Crippen molar-refractivity contribution in [1.29, 1.82) is 0 Å². The van der Waals surface area contributed by atoms with Crippen LogP contribution in [0.2, 0.25) is 0 Å². The van der Waals surface area contributed by atoms with Crippen molar-refractivity contribution in [3.63, 3.8) is 0 Å². The quantitative estimate of drug-likeness (QED) is 0.660. The Morgan fingerprint density at radius 2 is 1.95 bits per heavy atom. The van der Waals surface area contributed by atoms with Gasteiger partial charge in [-0.25, -0.2) is 19.8 Å². The number of rotatable bonds is 3. The summed E-state index contributed by atoms with van der Waals surface area (Å²) < 4.78 is 0. The highest BCUT2D eigenvalue weighted by atomic mass is 16.5. The molecule has 0 unspecified atom stereocenters. The van der Waals surface area contributed by atoms with Gasteiger partial charge in [0.05, 0.1) is 6.04 Å². The average Bonchev–Trinajstić information content (AvgIpc) is 2.47. The summed E-state index contributed by atoms with van der Waals surface area (Å²) in [5.74, 6) is 0.788. The summed E-state index contributed by atoms with van der Waals surface area (Å²) in [7, 11) is 0. The third-order valence-corrected chi connectivity index (χ3v) is 2.53. The number of nitrogens with one attached hydrogen (secondary N) is 1. The molecule has 7 nitrogen and oxygen atoms in total. The van der Waals surface area contributed by atoms with Crippen molar-refractivity contribution < 1.29 is 10.0 Å². The normalized spacial score (nSPS) is 10.4. The van der Waals surface area contributed by atoms with E-state index in [1.165, 1.54) is 6.20 Å². The molecule has 2 heterocycles. The standard InChI is InChI=1S/C13H15N5O2/c1-9(2)18(20)13(19)17-11-5-8-15-12(16-11)10-3-6-14-7-4-10/h3-9,20H,1-2H3,(H,15,16,17,19). The Morgan fingerprint density at radius 3 is 2.60 bits per heavy atom. The molecule has 2 amide bonds. The maximum Gasteiger partial charge on any atom is 0.346 e. The van der Waals surface area contributed by atoms with E-state index in [-0.39, 0.29) is 6.04 Å². The second-order valence-electron chi connectivity index (χ2n) is 4.37. The number of hydroxylamine groups is 2. The van der Waals surface area contributed by atoms with Gasteiger partial charge in [-0.1, -0.05) is 0 Å². The van der Waals surface area contributed by atoms with Crippen molar-refractivity contribution in [2.45, 2.75) is 19.9 Å². The molecule has 0 aliphatic rings. The van der Waals surface area contributed by atoms with Gasteiger partial charge in [-0.15, -0.1) is 0 Å². The van der Waals surface area contributed by atoms with E-state index < -0.39 is 6.03 Å². The lowest BCUT2D eigenvalue weighted by molar-refractivity contribution is -0.0622. The van der Waals surface area contributed by atoms with E-state index in [0.29, 0.717) is 16.7 Å². The fourth-order valence-corrected chi connectivity index (χ4v) is 1.47. The zero-order chi connectivity index (χ0) is 14.5. The number of hydrogen-bond acceptors (Lipinski definition) is 5. The van der Waals surface area contributed by atoms with Gasteiger partial charge < -0.3 is 0 Å². The van der Waals surface area contributed by atoms with Crippen molar-refractivity contribution in [2.24, 2.45) is 0 Å². The molecular weight excluding hydrogens is 258 g/mol. The molecule has 104 valence electrons. The first-order valence-corrected chi connectivity index (χ1v) is 6.10. The third kappa shape index (κ3) is 3.27. The number of carbonyl (C=O) groups excluding carboxylic acids is 1. The van der Waals surface area contributed by atoms with E-state index in [0.717, 1.165) is 5.56 Å². The summed E-state index contributed by atoms with van der Waals surface area (Å²) in [6.07, 6.45) is 4.81. The minimum absolute atomic E-state index is 0.316. The van der Waals surface area contributed by atoms with Gasteiger partial charge in [0.1, 0.15) is 5.82 Å².